The molecule has 0 saturated heterocycles. The Morgan fingerprint density at radius 2 is 2.08 bits per heavy atom. The quantitative estimate of drug-likeness (QED) is 0.475. The van der Waals surface area contributed by atoms with E-state index in [4.69, 9.17) is 10.7 Å². The van der Waals surface area contributed by atoms with E-state index in [1.807, 2.05) is 22.6 Å². The second-order valence-corrected chi connectivity index (χ2v) is 5.64. The summed E-state index contributed by atoms with van der Waals surface area (Å²) >= 11 is 1.86. The van der Waals surface area contributed by atoms with Gasteiger partial charge in [0, 0.05) is 22.9 Å². The van der Waals surface area contributed by atoms with Gasteiger partial charge in [-0.3, -0.25) is 4.79 Å². The first-order valence-corrected chi connectivity index (χ1v) is 6.13. The van der Waals surface area contributed by atoms with Gasteiger partial charge in [0.1, 0.15) is 4.90 Å². The first-order chi connectivity index (χ1) is 5.41. The van der Waals surface area contributed by atoms with Crippen LogP contribution in [-0.4, -0.2) is 13.4 Å². The highest BCUT2D eigenvalue weighted by atomic mass is 127. The smallest absolute Gasteiger partial charge is 0.266 e. The Kier molecular flexibility index (Phi) is 2.79. The van der Waals surface area contributed by atoms with Crippen LogP contribution in [0.4, 0.5) is 0 Å². The first-order valence-electron chi connectivity index (χ1n) is 2.74. The maximum absolute atomic E-state index is 11.0. The molecule has 0 aliphatic rings. The second kappa shape index (κ2) is 3.35. The number of H-pyrrole nitrogens is 1. The monoisotopic (exact) mass is 319 g/mol. The van der Waals surface area contributed by atoms with Gasteiger partial charge >= 0.3 is 0 Å². The molecule has 0 aromatic carbocycles. The van der Waals surface area contributed by atoms with Crippen LogP contribution in [0.5, 0.6) is 0 Å². The van der Waals surface area contributed by atoms with Crippen molar-refractivity contribution in [3.05, 3.63) is 26.2 Å². The number of nitrogens with one attached hydrogen (secondary N) is 1. The summed E-state index contributed by atoms with van der Waals surface area (Å²) in [6.07, 6.45) is 1.08. The molecule has 1 heterocycles. The zero-order valence-electron chi connectivity index (χ0n) is 5.54. The molecule has 1 aromatic rings. The van der Waals surface area contributed by atoms with Gasteiger partial charge in [0.15, 0.2) is 0 Å². The molecule has 1 rings (SSSR count). The SMILES string of the molecule is O=c1cc(I)[nH]cc1S(=O)(=O)Cl. The summed E-state index contributed by atoms with van der Waals surface area (Å²) in [5, 5.41) is 0. The molecule has 4 nitrogen and oxygen atoms in total. The summed E-state index contributed by atoms with van der Waals surface area (Å²) in [7, 11) is 1.04. The van der Waals surface area contributed by atoms with Crippen LogP contribution in [0.15, 0.2) is 22.0 Å². The lowest BCUT2D eigenvalue weighted by atomic mass is 10.5. The van der Waals surface area contributed by atoms with E-state index in [9.17, 15) is 13.2 Å². The van der Waals surface area contributed by atoms with Crippen LogP contribution in [0.3, 0.4) is 0 Å². The van der Waals surface area contributed by atoms with E-state index in [0.29, 0.717) is 3.70 Å². The number of hydrogen-bond donors (Lipinski definition) is 1. The fraction of sp³-hybridized carbons (Fsp3) is 0. The fourth-order valence-electron chi connectivity index (χ4n) is 0.624. The van der Waals surface area contributed by atoms with Crippen LogP contribution in [0.2, 0.25) is 0 Å². The maximum atomic E-state index is 11.0. The third kappa shape index (κ3) is 2.20. The second-order valence-electron chi connectivity index (χ2n) is 1.95. The standard InChI is InChI=1S/C5H3ClINO3S/c6-12(10,11)4-2-8-5(7)1-3(4)9/h1-2H,(H,8,9). The van der Waals surface area contributed by atoms with E-state index in [1.165, 1.54) is 0 Å². The van der Waals surface area contributed by atoms with Crippen LogP contribution in [-0.2, 0) is 9.05 Å². The predicted molar refractivity (Wildman–Crippen MR) is 52.8 cm³/mol. The first kappa shape index (κ1) is 10.0. The highest BCUT2D eigenvalue weighted by molar-refractivity contribution is 14.1. The van der Waals surface area contributed by atoms with Gasteiger partial charge in [-0.25, -0.2) is 8.42 Å². The lowest BCUT2D eigenvalue weighted by Crippen LogP contribution is -2.11. The average Bonchev–Trinajstić information content (AvgIpc) is 1.83. The molecule has 0 aliphatic carbocycles. The summed E-state index contributed by atoms with van der Waals surface area (Å²) in [5.41, 5.74) is -0.604. The van der Waals surface area contributed by atoms with Crippen molar-refractivity contribution in [2.45, 2.75) is 4.90 Å². The predicted octanol–water partition coefficient (Wildman–Crippen LogP) is 0.907. The Balaban J connectivity index is 3.50. The Morgan fingerprint density at radius 1 is 1.50 bits per heavy atom. The molecule has 0 aliphatic heterocycles. The Hall–Kier alpha value is -0.0800. The molecule has 0 saturated carbocycles. The molecule has 0 unspecified atom stereocenters. The van der Waals surface area contributed by atoms with E-state index < -0.39 is 19.4 Å². The van der Waals surface area contributed by atoms with Gasteiger partial charge in [-0.05, 0) is 22.6 Å². The Morgan fingerprint density at radius 3 is 2.50 bits per heavy atom. The van der Waals surface area contributed by atoms with Crippen molar-refractivity contribution >= 4 is 42.3 Å². The van der Waals surface area contributed by atoms with Crippen LogP contribution >= 0.6 is 33.3 Å². The molecule has 66 valence electrons. The number of aromatic nitrogens is 1. The Bertz CT molecular complexity index is 452. The number of pyridine rings is 1. The molecule has 0 spiro atoms. The van der Waals surface area contributed by atoms with Gasteiger partial charge in [0.2, 0.25) is 5.43 Å². The number of aromatic amines is 1. The number of hydrogen-bond acceptors (Lipinski definition) is 3. The van der Waals surface area contributed by atoms with Crippen molar-refractivity contribution in [1.82, 2.24) is 4.98 Å². The van der Waals surface area contributed by atoms with Gasteiger partial charge in [-0.1, -0.05) is 0 Å². The lowest BCUT2D eigenvalue weighted by molar-refractivity contribution is 0.608. The lowest BCUT2D eigenvalue weighted by Gasteiger charge is -1.94. The minimum absolute atomic E-state index is 0.426. The third-order valence-corrected chi connectivity index (χ3v) is 3.07. The van der Waals surface area contributed by atoms with E-state index in [-0.39, 0.29) is 0 Å². The van der Waals surface area contributed by atoms with Crippen LogP contribution in [0.25, 0.3) is 0 Å². The molecule has 0 atom stereocenters. The topological polar surface area (TPSA) is 67.0 Å². The van der Waals surface area contributed by atoms with Crippen molar-refractivity contribution in [2.24, 2.45) is 0 Å². The van der Waals surface area contributed by atoms with Crippen molar-refractivity contribution < 1.29 is 8.42 Å². The van der Waals surface area contributed by atoms with E-state index >= 15 is 0 Å². The fourth-order valence-corrected chi connectivity index (χ4v) is 1.92. The molecule has 0 fully saturated rings. The molecule has 0 radical (unpaired) electrons. The van der Waals surface area contributed by atoms with Crippen molar-refractivity contribution in [3.63, 3.8) is 0 Å². The summed E-state index contributed by atoms with van der Waals surface area (Å²) in [6, 6.07) is 1.16. The summed E-state index contributed by atoms with van der Waals surface area (Å²) in [6.45, 7) is 0. The number of halogens is 2. The summed E-state index contributed by atoms with van der Waals surface area (Å²) in [5.74, 6) is 0. The largest absolute Gasteiger partial charge is 0.355 e. The van der Waals surface area contributed by atoms with Gasteiger partial charge < -0.3 is 4.98 Å². The van der Waals surface area contributed by atoms with Gasteiger partial charge in [0.05, 0.1) is 3.70 Å². The van der Waals surface area contributed by atoms with E-state index in [2.05, 4.69) is 4.98 Å². The Labute approximate surface area is 86.5 Å². The summed E-state index contributed by atoms with van der Waals surface area (Å²) in [4.78, 5) is 13.1. The van der Waals surface area contributed by atoms with Gasteiger partial charge in [0.25, 0.3) is 9.05 Å². The van der Waals surface area contributed by atoms with E-state index in [0.717, 1.165) is 12.3 Å². The molecule has 0 amide bonds. The third-order valence-electron chi connectivity index (χ3n) is 1.10. The van der Waals surface area contributed by atoms with E-state index in [1.54, 1.807) is 0 Å². The average molecular weight is 320 g/mol. The molecular weight excluding hydrogens is 316 g/mol. The van der Waals surface area contributed by atoms with Crippen molar-refractivity contribution in [2.75, 3.05) is 0 Å². The molecule has 1 aromatic heterocycles. The van der Waals surface area contributed by atoms with Crippen LogP contribution in [0.1, 0.15) is 0 Å². The van der Waals surface area contributed by atoms with Gasteiger partial charge in [-0.2, -0.15) is 0 Å². The zero-order valence-corrected chi connectivity index (χ0v) is 9.27. The highest BCUT2D eigenvalue weighted by Crippen LogP contribution is 2.08. The summed E-state index contributed by atoms with van der Waals surface area (Å²) < 4.78 is 22.0. The maximum Gasteiger partial charge on any atom is 0.266 e. The molecular formula is C5H3ClINO3S. The zero-order chi connectivity index (χ0) is 9.35. The van der Waals surface area contributed by atoms with Crippen LogP contribution in [0, 0.1) is 3.70 Å². The highest BCUT2D eigenvalue weighted by Gasteiger charge is 2.13. The van der Waals surface area contributed by atoms with Crippen LogP contribution < -0.4 is 5.43 Å². The minimum atomic E-state index is -3.93. The van der Waals surface area contributed by atoms with Gasteiger partial charge in [-0.15, -0.1) is 0 Å². The number of rotatable bonds is 1. The minimum Gasteiger partial charge on any atom is -0.355 e. The van der Waals surface area contributed by atoms with Crippen molar-refractivity contribution in [3.8, 4) is 0 Å². The molecule has 1 N–H and O–H groups in total. The molecule has 7 heteroatoms. The normalized spacial score (nSPS) is 11.5. The molecule has 12 heavy (non-hydrogen) atoms. The van der Waals surface area contributed by atoms with Crippen molar-refractivity contribution in [1.29, 1.82) is 0 Å². The molecule has 0 bridgehead atoms.